The van der Waals surface area contributed by atoms with Gasteiger partial charge in [0.05, 0.1) is 0 Å². The molecule has 3 aromatic rings. The van der Waals surface area contributed by atoms with E-state index in [2.05, 4.69) is 24.8 Å². The fraction of sp³-hybridized carbons (Fsp3) is 0.357. The summed E-state index contributed by atoms with van der Waals surface area (Å²) in [7, 11) is 0. The zero-order valence-electron chi connectivity index (χ0n) is 17.9. The number of hydrogen-bond donors (Lipinski definition) is 0. The molecule has 160 valence electrons. The first-order valence-corrected chi connectivity index (χ1v) is 11.2. The SMILES string of the molecule is CCCCc1ccc(C2CCC(C#Cc3ccc4c(F)c(F)ccc4c3)CC2)c(F)c1. The number of benzene rings is 3. The van der Waals surface area contributed by atoms with Gasteiger partial charge < -0.3 is 0 Å². The highest BCUT2D eigenvalue weighted by Gasteiger charge is 2.23. The average molecular weight is 421 g/mol. The summed E-state index contributed by atoms with van der Waals surface area (Å²) >= 11 is 0. The maximum absolute atomic E-state index is 14.6. The number of halogens is 3. The molecule has 0 bridgehead atoms. The van der Waals surface area contributed by atoms with Crippen LogP contribution >= 0.6 is 0 Å². The maximum atomic E-state index is 14.6. The molecule has 0 spiro atoms. The van der Waals surface area contributed by atoms with Gasteiger partial charge in [-0.05, 0) is 85.2 Å². The minimum absolute atomic E-state index is 0.0667. The lowest BCUT2D eigenvalue weighted by Gasteiger charge is -2.26. The zero-order valence-corrected chi connectivity index (χ0v) is 17.9. The molecule has 0 aromatic heterocycles. The van der Waals surface area contributed by atoms with Crippen molar-refractivity contribution >= 4 is 10.8 Å². The predicted molar refractivity (Wildman–Crippen MR) is 120 cm³/mol. The van der Waals surface area contributed by atoms with Crippen LogP contribution in [0.25, 0.3) is 10.8 Å². The molecular formula is C28H27F3. The van der Waals surface area contributed by atoms with E-state index >= 15 is 0 Å². The highest BCUT2D eigenvalue weighted by Crippen LogP contribution is 2.37. The van der Waals surface area contributed by atoms with Crippen LogP contribution in [0.3, 0.4) is 0 Å². The van der Waals surface area contributed by atoms with Crippen LogP contribution in [-0.2, 0) is 6.42 Å². The minimum atomic E-state index is -0.838. The standard InChI is InChI=1S/C28H27F3/c1-2-3-4-20-9-14-24(27(30)18-20)22-11-7-19(8-12-22)5-6-21-10-15-25-23(17-21)13-16-26(29)28(25)31/h9-10,13-19,22H,2-4,7-8,11-12H2,1H3. The van der Waals surface area contributed by atoms with Gasteiger partial charge in [0.15, 0.2) is 11.6 Å². The van der Waals surface area contributed by atoms with Gasteiger partial charge in [0.1, 0.15) is 5.82 Å². The highest BCUT2D eigenvalue weighted by atomic mass is 19.2. The van der Waals surface area contributed by atoms with Crippen molar-refractivity contribution in [1.82, 2.24) is 0 Å². The van der Waals surface area contributed by atoms with Gasteiger partial charge >= 0.3 is 0 Å². The molecule has 1 aliphatic carbocycles. The molecule has 0 N–H and O–H groups in total. The number of unbranched alkanes of at least 4 members (excludes halogenated alkanes) is 1. The first-order valence-electron chi connectivity index (χ1n) is 11.2. The summed E-state index contributed by atoms with van der Waals surface area (Å²) in [6, 6.07) is 13.6. The molecule has 0 unspecified atom stereocenters. The summed E-state index contributed by atoms with van der Waals surface area (Å²) in [5, 5.41) is 0.918. The van der Waals surface area contributed by atoms with Crippen LogP contribution in [0.2, 0.25) is 0 Å². The third kappa shape index (κ3) is 4.96. The van der Waals surface area contributed by atoms with E-state index in [4.69, 9.17) is 0 Å². The molecule has 0 saturated heterocycles. The van der Waals surface area contributed by atoms with Crippen LogP contribution in [0.15, 0.2) is 48.5 Å². The molecule has 0 amide bonds. The van der Waals surface area contributed by atoms with Crippen molar-refractivity contribution in [3.8, 4) is 11.8 Å². The van der Waals surface area contributed by atoms with Gasteiger partial charge in [0, 0.05) is 16.9 Å². The Balaban J connectivity index is 1.39. The quantitative estimate of drug-likeness (QED) is 0.376. The van der Waals surface area contributed by atoms with Gasteiger partial charge in [-0.1, -0.05) is 49.5 Å². The summed E-state index contributed by atoms with van der Waals surface area (Å²) in [5.74, 6) is 5.35. The Hall–Kier alpha value is -2.73. The van der Waals surface area contributed by atoms with Crippen LogP contribution in [-0.4, -0.2) is 0 Å². The highest BCUT2D eigenvalue weighted by molar-refractivity contribution is 5.84. The molecule has 0 nitrogen and oxygen atoms in total. The van der Waals surface area contributed by atoms with Crippen molar-refractivity contribution in [2.75, 3.05) is 0 Å². The molecule has 0 atom stereocenters. The maximum Gasteiger partial charge on any atom is 0.166 e. The first kappa shape index (κ1) is 21.5. The van der Waals surface area contributed by atoms with Crippen molar-refractivity contribution in [2.45, 2.75) is 57.8 Å². The van der Waals surface area contributed by atoms with Gasteiger partial charge in [-0.25, -0.2) is 13.2 Å². The van der Waals surface area contributed by atoms with E-state index in [9.17, 15) is 13.2 Å². The number of hydrogen-bond acceptors (Lipinski definition) is 0. The normalized spacial score (nSPS) is 18.6. The fourth-order valence-corrected chi connectivity index (χ4v) is 4.52. The van der Waals surface area contributed by atoms with Crippen LogP contribution in [0, 0.1) is 35.2 Å². The van der Waals surface area contributed by atoms with E-state index < -0.39 is 11.6 Å². The van der Waals surface area contributed by atoms with E-state index in [-0.39, 0.29) is 23.0 Å². The zero-order chi connectivity index (χ0) is 21.8. The van der Waals surface area contributed by atoms with E-state index in [1.54, 1.807) is 30.3 Å². The molecule has 4 rings (SSSR count). The topological polar surface area (TPSA) is 0 Å². The summed E-state index contributed by atoms with van der Waals surface area (Å²) < 4.78 is 41.8. The van der Waals surface area contributed by atoms with Crippen LogP contribution in [0.5, 0.6) is 0 Å². The summed E-state index contributed by atoms with van der Waals surface area (Å²) in [5.41, 5.74) is 2.73. The van der Waals surface area contributed by atoms with Crippen molar-refractivity contribution in [3.63, 3.8) is 0 Å². The monoisotopic (exact) mass is 420 g/mol. The van der Waals surface area contributed by atoms with Crippen LogP contribution < -0.4 is 0 Å². The van der Waals surface area contributed by atoms with Crippen LogP contribution in [0.1, 0.15) is 68.1 Å². The molecule has 1 saturated carbocycles. The Morgan fingerprint density at radius 2 is 1.68 bits per heavy atom. The lowest BCUT2D eigenvalue weighted by molar-refractivity contribution is 0.376. The molecule has 3 aromatic carbocycles. The molecule has 0 aliphatic heterocycles. The largest absolute Gasteiger partial charge is 0.207 e. The third-order valence-corrected chi connectivity index (χ3v) is 6.38. The Morgan fingerprint density at radius 1 is 0.871 bits per heavy atom. The number of fused-ring (bicyclic) bond motifs is 1. The second kappa shape index (κ2) is 9.60. The second-order valence-electron chi connectivity index (χ2n) is 8.57. The third-order valence-electron chi connectivity index (χ3n) is 6.38. The first-order chi connectivity index (χ1) is 15.0. The Labute approximate surface area is 182 Å². The van der Waals surface area contributed by atoms with E-state index in [1.165, 1.54) is 0 Å². The smallest absolute Gasteiger partial charge is 0.166 e. The minimum Gasteiger partial charge on any atom is -0.207 e. The lowest BCUT2D eigenvalue weighted by Crippen LogP contribution is -2.13. The van der Waals surface area contributed by atoms with Crippen molar-refractivity contribution in [2.24, 2.45) is 5.92 Å². The van der Waals surface area contributed by atoms with Crippen molar-refractivity contribution < 1.29 is 13.2 Å². The molecule has 0 radical (unpaired) electrons. The summed E-state index contributed by atoms with van der Waals surface area (Å²) in [6.07, 6.45) is 6.91. The lowest BCUT2D eigenvalue weighted by atomic mass is 9.78. The van der Waals surface area contributed by atoms with E-state index in [1.807, 2.05) is 6.07 Å². The van der Waals surface area contributed by atoms with E-state index in [0.29, 0.717) is 5.39 Å². The number of aryl methyl sites for hydroxylation is 1. The fourth-order valence-electron chi connectivity index (χ4n) is 4.52. The van der Waals surface area contributed by atoms with Crippen molar-refractivity contribution in [3.05, 3.63) is 82.7 Å². The van der Waals surface area contributed by atoms with Gasteiger partial charge in [-0.3, -0.25) is 0 Å². The van der Waals surface area contributed by atoms with Crippen LogP contribution in [0.4, 0.5) is 13.2 Å². The van der Waals surface area contributed by atoms with Crippen molar-refractivity contribution in [1.29, 1.82) is 0 Å². The second-order valence-corrected chi connectivity index (χ2v) is 8.57. The number of rotatable bonds is 4. The molecule has 0 heterocycles. The van der Waals surface area contributed by atoms with E-state index in [0.717, 1.165) is 67.7 Å². The van der Waals surface area contributed by atoms with Gasteiger partial charge in [-0.2, -0.15) is 0 Å². The molecular weight excluding hydrogens is 393 g/mol. The summed E-state index contributed by atoms with van der Waals surface area (Å²) in [4.78, 5) is 0. The molecule has 1 fully saturated rings. The van der Waals surface area contributed by atoms with Gasteiger partial charge in [0.25, 0.3) is 0 Å². The molecule has 1 aliphatic rings. The Bertz CT molecular complexity index is 1130. The Morgan fingerprint density at radius 3 is 2.42 bits per heavy atom. The summed E-state index contributed by atoms with van der Waals surface area (Å²) in [6.45, 7) is 2.15. The molecule has 31 heavy (non-hydrogen) atoms. The van der Waals surface area contributed by atoms with Gasteiger partial charge in [0.2, 0.25) is 0 Å². The van der Waals surface area contributed by atoms with Gasteiger partial charge in [-0.15, -0.1) is 0 Å². The predicted octanol–water partition coefficient (Wildman–Crippen LogP) is 7.93. The molecule has 3 heteroatoms. The average Bonchev–Trinajstić information content (AvgIpc) is 2.79. The Kier molecular flexibility index (Phi) is 6.66.